The van der Waals surface area contributed by atoms with E-state index in [4.69, 9.17) is 61.9 Å². The van der Waals surface area contributed by atoms with Gasteiger partial charge < -0.3 is 5.32 Å². The lowest BCUT2D eigenvalue weighted by molar-refractivity contribution is 0.830. The van der Waals surface area contributed by atoms with Crippen LogP contribution in [0.2, 0.25) is 0 Å². The Morgan fingerprint density at radius 1 is 0.708 bits per heavy atom. The molecular formula is C9H11B14N. The van der Waals surface area contributed by atoms with Gasteiger partial charge in [0.15, 0.2) is 0 Å². The Morgan fingerprint density at radius 2 is 1.17 bits per heavy atom. The highest BCUT2D eigenvalue weighted by atomic mass is 14.9. The van der Waals surface area contributed by atoms with Gasteiger partial charge in [-0.2, -0.15) is 0 Å². The van der Waals surface area contributed by atoms with Crippen LogP contribution in [0.4, 0.5) is 5.69 Å². The maximum absolute atomic E-state index is 5.51. The average molecular weight is 285 g/mol. The summed E-state index contributed by atoms with van der Waals surface area (Å²) in [5, 5.41) is 3.36. The van der Waals surface area contributed by atoms with Gasteiger partial charge in [0.05, 0.1) is 0 Å². The standard InChI is InChI=1S/C9H11N.B14/c1-2-6-9-8(4-1)5-3-7-10-9;1-9(2)13(10(3)4)14(11(5)6)12(7)8/h1-2,4,6,10H,3,5,7H2;. The Labute approximate surface area is 160 Å². The summed E-state index contributed by atoms with van der Waals surface area (Å²) in [6.45, 7) is 1.14. The minimum Gasteiger partial charge on any atom is -0.385 e. The highest BCUT2D eigenvalue weighted by Crippen LogP contribution is 2.20. The number of fused-ring (bicyclic) bond motifs is 1. The minimum absolute atomic E-state index is 0.519. The van der Waals surface area contributed by atoms with Crippen molar-refractivity contribution < 1.29 is 0 Å². The molecule has 16 radical (unpaired) electrons. The molecule has 94 valence electrons. The van der Waals surface area contributed by atoms with Crippen LogP contribution in [0.3, 0.4) is 0 Å². The number of para-hydroxylation sites is 1. The van der Waals surface area contributed by atoms with Gasteiger partial charge in [-0.15, -0.1) is 0 Å². The zero-order chi connectivity index (χ0) is 18.3. The fraction of sp³-hybridized carbons (Fsp3) is 0.333. The summed E-state index contributed by atoms with van der Waals surface area (Å²) in [5.41, 5.74) is 2.79. The van der Waals surface area contributed by atoms with Crippen LogP contribution in [-0.2, 0) is 6.42 Å². The second-order valence-corrected chi connectivity index (χ2v) is 6.15. The molecule has 0 fully saturated rings. The van der Waals surface area contributed by atoms with Crippen LogP contribution in [0.5, 0.6) is 0 Å². The molecule has 0 unspecified atom stereocenters. The lowest BCUT2D eigenvalue weighted by Crippen LogP contribution is -2.72. The molecule has 0 saturated carbocycles. The fourth-order valence-corrected chi connectivity index (χ4v) is 2.95. The van der Waals surface area contributed by atoms with Gasteiger partial charge in [0, 0.05) is 112 Å². The van der Waals surface area contributed by atoms with Crippen molar-refractivity contribution >= 4 is 106 Å². The summed E-state index contributed by atoms with van der Waals surface area (Å²) in [6, 6.07) is 8.53. The van der Waals surface area contributed by atoms with Crippen LogP contribution in [0, 0.1) is 0 Å². The predicted molar refractivity (Wildman–Crippen MR) is 124 cm³/mol. The van der Waals surface area contributed by atoms with Gasteiger partial charge in [0.2, 0.25) is 0 Å². The van der Waals surface area contributed by atoms with Gasteiger partial charge in [-0.25, -0.2) is 0 Å². The van der Waals surface area contributed by atoms with E-state index in [2.05, 4.69) is 29.6 Å². The molecule has 1 nitrogen and oxygen atoms in total. The molecule has 1 aliphatic heterocycles. The molecule has 0 saturated heterocycles. The number of nitrogens with one attached hydrogen (secondary N) is 1. The molecule has 1 N–H and O–H groups in total. The zero-order valence-corrected chi connectivity index (χ0v) is 14.0. The molecule has 24 heavy (non-hydrogen) atoms. The molecule has 0 spiro atoms. The molecule has 0 aromatic heterocycles. The van der Waals surface area contributed by atoms with Crippen LogP contribution < -0.4 is 5.32 Å². The molecule has 1 heterocycles. The Hall–Kier alpha value is -0.0709. The maximum atomic E-state index is 5.51. The SMILES string of the molecule is [B]B([B])B(B([B])[B])B(B([B])[B])B([B])[B].c1ccc2c(c1)CCCN2. The monoisotopic (exact) mass is 287 g/mol. The Morgan fingerprint density at radius 3 is 1.58 bits per heavy atom. The molecular weight excluding hydrogens is 273 g/mol. The van der Waals surface area contributed by atoms with Gasteiger partial charge >= 0.3 is 0 Å². The first-order valence-electron chi connectivity index (χ1n) is 8.12. The number of benzene rings is 1. The first-order chi connectivity index (χ1) is 11.3. The van der Waals surface area contributed by atoms with Crippen molar-refractivity contribution in [3.63, 3.8) is 0 Å². The Kier molecular flexibility index (Phi) is 9.90. The smallest absolute Gasteiger partial charge is 0.0372 e. The molecule has 1 aliphatic rings. The van der Waals surface area contributed by atoms with Crippen molar-refractivity contribution in [1.82, 2.24) is 0 Å². The topological polar surface area (TPSA) is 12.0 Å². The molecule has 15 heteroatoms. The lowest BCUT2D eigenvalue weighted by Gasteiger charge is -2.34. The van der Waals surface area contributed by atoms with Crippen molar-refractivity contribution in [2.24, 2.45) is 0 Å². The fourth-order valence-electron chi connectivity index (χ4n) is 2.95. The maximum Gasteiger partial charge on any atom is 0.0372 e. The van der Waals surface area contributed by atoms with Gasteiger partial charge in [-0.3, -0.25) is 0 Å². The average Bonchev–Trinajstić information content (AvgIpc) is 2.51. The summed E-state index contributed by atoms with van der Waals surface area (Å²) in [6.07, 6.45) is -1.56. The van der Waals surface area contributed by atoms with Crippen molar-refractivity contribution in [2.75, 3.05) is 11.9 Å². The van der Waals surface area contributed by atoms with Crippen LogP contribution >= 0.6 is 0 Å². The second-order valence-electron chi connectivity index (χ2n) is 6.15. The van der Waals surface area contributed by atoms with Gasteiger partial charge in [0.25, 0.3) is 0 Å². The highest BCUT2D eigenvalue weighted by molar-refractivity contribution is 8.10. The van der Waals surface area contributed by atoms with E-state index >= 15 is 0 Å². The molecule has 0 atom stereocenters. The number of rotatable bonds is 5. The third kappa shape index (κ3) is 6.68. The van der Waals surface area contributed by atoms with E-state index in [1.165, 1.54) is 24.1 Å². The normalized spacial score (nSPS) is 11.7. The third-order valence-corrected chi connectivity index (χ3v) is 4.18. The van der Waals surface area contributed by atoms with Crippen molar-refractivity contribution in [3.05, 3.63) is 29.8 Å². The lowest BCUT2D eigenvalue weighted by atomic mass is 8.47. The number of hydrogen-bond acceptors (Lipinski definition) is 1. The first-order valence-corrected chi connectivity index (χ1v) is 8.12. The van der Waals surface area contributed by atoms with Crippen molar-refractivity contribution in [1.29, 1.82) is 0 Å². The molecule has 1 aromatic carbocycles. The third-order valence-electron chi connectivity index (χ3n) is 4.18. The van der Waals surface area contributed by atoms with E-state index in [0.717, 1.165) is 6.54 Å². The van der Waals surface area contributed by atoms with E-state index in [1.807, 2.05) is 0 Å². The van der Waals surface area contributed by atoms with E-state index in [0.29, 0.717) is 0 Å². The molecule has 1 aromatic rings. The summed E-state index contributed by atoms with van der Waals surface area (Å²) in [7, 11) is 44.1. The molecule has 2 rings (SSSR count). The molecule has 0 amide bonds. The largest absolute Gasteiger partial charge is 0.385 e. The number of hydrogen-bond donors (Lipinski definition) is 1. The zero-order valence-electron chi connectivity index (χ0n) is 14.0. The Balaban J connectivity index is 0.000000250. The number of aryl methyl sites for hydroxylation is 1. The first kappa shape index (κ1) is 22.0. The molecule has 0 bridgehead atoms. The van der Waals surface area contributed by atoms with Crippen LogP contribution in [0.15, 0.2) is 24.3 Å². The van der Waals surface area contributed by atoms with Crippen molar-refractivity contribution in [3.8, 4) is 0 Å². The van der Waals surface area contributed by atoms with E-state index < -0.39 is 38.3 Å². The second kappa shape index (κ2) is 10.8. The summed E-state index contributed by atoms with van der Waals surface area (Å²) < 4.78 is 0. The predicted octanol–water partition coefficient (Wildman–Crippen LogP) is -3.29. The van der Waals surface area contributed by atoms with Crippen molar-refractivity contribution in [2.45, 2.75) is 12.8 Å². The summed E-state index contributed by atoms with van der Waals surface area (Å²) in [4.78, 5) is 0. The van der Waals surface area contributed by atoms with Gasteiger partial charge in [-0.05, 0) is 24.5 Å². The van der Waals surface area contributed by atoms with Crippen LogP contribution in [-0.4, -0.2) is 107 Å². The minimum atomic E-state index is -0.760. The Bertz CT molecular complexity index is 422. The molecule has 0 aliphatic carbocycles. The van der Waals surface area contributed by atoms with E-state index in [-0.39, 0.29) is 0 Å². The van der Waals surface area contributed by atoms with Crippen LogP contribution in [0.25, 0.3) is 0 Å². The van der Waals surface area contributed by atoms with E-state index in [1.54, 1.807) is 0 Å². The van der Waals surface area contributed by atoms with Gasteiger partial charge in [-0.1, -0.05) is 18.2 Å². The van der Waals surface area contributed by atoms with E-state index in [9.17, 15) is 0 Å². The van der Waals surface area contributed by atoms with Crippen LogP contribution in [0.1, 0.15) is 12.0 Å². The quantitative estimate of drug-likeness (QED) is 0.559. The summed E-state index contributed by atoms with van der Waals surface area (Å²) >= 11 is 0. The summed E-state index contributed by atoms with van der Waals surface area (Å²) in [5.74, 6) is 0. The highest BCUT2D eigenvalue weighted by Gasteiger charge is 2.35. The van der Waals surface area contributed by atoms with Gasteiger partial charge in [0.1, 0.15) is 0 Å². The number of anilines is 1.